The predicted octanol–water partition coefficient (Wildman–Crippen LogP) is 3.86. The average molecular weight is 335 g/mol. The fourth-order valence-electron chi connectivity index (χ4n) is 2.33. The van der Waals surface area contributed by atoms with Crippen LogP contribution in [0.5, 0.6) is 0 Å². The third-order valence-electron chi connectivity index (χ3n) is 3.72. The van der Waals surface area contributed by atoms with Gasteiger partial charge < -0.3 is 14.5 Å². The molecule has 0 aliphatic carbocycles. The topological polar surface area (TPSA) is 79.7 Å². The number of benzene rings is 1. The van der Waals surface area contributed by atoms with Crippen molar-refractivity contribution in [2.45, 2.75) is 38.1 Å². The van der Waals surface area contributed by atoms with Gasteiger partial charge >= 0.3 is 7.60 Å². The van der Waals surface area contributed by atoms with E-state index in [4.69, 9.17) is 4.52 Å². The summed E-state index contributed by atoms with van der Waals surface area (Å²) in [5, 5.41) is 10.7. The first-order valence-corrected chi connectivity index (χ1v) is 9.24. The lowest BCUT2D eigenvalue weighted by molar-refractivity contribution is 0.132. The van der Waals surface area contributed by atoms with Crippen LogP contribution in [0.1, 0.15) is 43.2 Å². The molecule has 2 rings (SSSR count). The molecule has 23 heavy (non-hydrogen) atoms. The number of aliphatic hydroxyl groups excluding tert-OH is 1. The van der Waals surface area contributed by atoms with Crippen molar-refractivity contribution in [1.29, 1.82) is 0 Å². The van der Waals surface area contributed by atoms with Gasteiger partial charge in [0.15, 0.2) is 0 Å². The number of hydrogen-bond acceptors (Lipinski definition) is 4. The summed E-state index contributed by atoms with van der Waals surface area (Å²) in [7, 11) is -4.11. The van der Waals surface area contributed by atoms with Crippen LogP contribution >= 0.6 is 7.60 Å². The van der Waals surface area contributed by atoms with Gasteiger partial charge in [0.25, 0.3) is 0 Å². The molecule has 6 heteroatoms. The first kappa shape index (κ1) is 17.8. The molecule has 0 aliphatic heterocycles. The summed E-state index contributed by atoms with van der Waals surface area (Å²) in [4.78, 5) is 14.5. The monoisotopic (exact) mass is 335 g/mol. The minimum atomic E-state index is -4.11. The molecule has 2 N–H and O–H groups in total. The second kappa shape index (κ2) is 7.84. The number of rotatable bonds is 7. The first-order valence-electron chi connectivity index (χ1n) is 7.59. The maximum Gasteiger partial charge on any atom is 0.338 e. The number of pyridine rings is 1. The van der Waals surface area contributed by atoms with Crippen molar-refractivity contribution < 1.29 is 19.1 Å². The lowest BCUT2D eigenvalue weighted by atomic mass is 10.0. The molecule has 0 saturated heterocycles. The van der Waals surface area contributed by atoms with E-state index in [9.17, 15) is 14.6 Å². The molecule has 0 amide bonds. The van der Waals surface area contributed by atoms with E-state index in [0.29, 0.717) is 17.5 Å². The molecule has 1 aromatic carbocycles. The zero-order valence-corrected chi connectivity index (χ0v) is 14.1. The number of hydrogen-bond donors (Lipinski definition) is 2. The summed E-state index contributed by atoms with van der Waals surface area (Å²) in [5.41, 5.74) is -0.0611. The van der Waals surface area contributed by atoms with E-state index >= 15 is 0 Å². The smallest absolute Gasteiger partial charge is 0.338 e. The zero-order valence-electron chi connectivity index (χ0n) is 13.2. The molecule has 0 bridgehead atoms. The Labute approximate surface area is 136 Å². The number of aliphatic hydroxyl groups is 1. The second-order valence-corrected chi connectivity index (χ2v) is 7.37. The molecule has 4 atom stereocenters. The van der Waals surface area contributed by atoms with E-state index in [1.807, 2.05) is 13.0 Å². The third-order valence-corrected chi connectivity index (χ3v) is 5.67. The third kappa shape index (κ3) is 4.49. The van der Waals surface area contributed by atoms with Crippen LogP contribution in [0, 0.1) is 0 Å². The van der Waals surface area contributed by atoms with Crippen molar-refractivity contribution in [2.24, 2.45) is 0 Å². The summed E-state index contributed by atoms with van der Waals surface area (Å²) < 4.78 is 18.2. The Morgan fingerprint density at radius 2 is 1.83 bits per heavy atom. The fourth-order valence-corrected chi connectivity index (χ4v) is 4.18. The van der Waals surface area contributed by atoms with Gasteiger partial charge in [-0.05, 0) is 30.5 Å². The lowest BCUT2D eigenvalue weighted by Gasteiger charge is -2.29. The highest BCUT2D eigenvalue weighted by molar-refractivity contribution is 7.53. The van der Waals surface area contributed by atoms with Crippen LogP contribution in [-0.4, -0.2) is 21.1 Å². The molecule has 0 spiro atoms. The Balaban J connectivity index is 2.42. The molecule has 0 fully saturated rings. The van der Waals surface area contributed by atoms with E-state index in [1.54, 1.807) is 49.5 Å². The fraction of sp³-hybridized carbons (Fsp3) is 0.353. The first-order chi connectivity index (χ1) is 11.0. The van der Waals surface area contributed by atoms with Crippen molar-refractivity contribution in [1.82, 2.24) is 4.98 Å². The van der Waals surface area contributed by atoms with Gasteiger partial charge in [0.2, 0.25) is 0 Å². The van der Waals surface area contributed by atoms with Gasteiger partial charge in [-0.2, -0.15) is 0 Å². The Morgan fingerprint density at radius 1 is 1.17 bits per heavy atom. The molecule has 0 saturated carbocycles. The molecular weight excluding hydrogens is 313 g/mol. The Bertz CT molecular complexity index is 650. The van der Waals surface area contributed by atoms with E-state index in [1.165, 1.54) is 6.20 Å². The summed E-state index contributed by atoms with van der Waals surface area (Å²) >= 11 is 0. The SMILES string of the molecule is CCC(C)OP(=O)(O)C(c1cccnc1)C(O)c1ccccc1. The quantitative estimate of drug-likeness (QED) is 0.751. The van der Waals surface area contributed by atoms with Gasteiger partial charge in [0, 0.05) is 12.4 Å². The molecular formula is C17H22NO4P. The maximum atomic E-state index is 12.8. The molecule has 4 unspecified atom stereocenters. The average Bonchev–Trinajstić information content (AvgIpc) is 2.56. The van der Waals surface area contributed by atoms with Gasteiger partial charge in [-0.15, -0.1) is 0 Å². The molecule has 124 valence electrons. The van der Waals surface area contributed by atoms with Crippen molar-refractivity contribution in [2.75, 3.05) is 0 Å². The predicted molar refractivity (Wildman–Crippen MR) is 89.0 cm³/mol. The van der Waals surface area contributed by atoms with Crippen LogP contribution in [0.3, 0.4) is 0 Å². The largest absolute Gasteiger partial charge is 0.387 e. The van der Waals surface area contributed by atoms with Gasteiger partial charge in [0.05, 0.1) is 12.2 Å². The highest BCUT2D eigenvalue weighted by Crippen LogP contribution is 2.62. The van der Waals surface area contributed by atoms with Crippen molar-refractivity contribution in [3.8, 4) is 0 Å². The normalized spacial score (nSPS) is 17.9. The number of nitrogens with zero attached hydrogens (tertiary/aromatic N) is 1. The summed E-state index contributed by atoms with van der Waals surface area (Å²) in [6.07, 6.45) is 2.12. The highest BCUT2D eigenvalue weighted by Gasteiger charge is 2.41. The molecule has 5 nitrogen and oxygen atoms in total. The van der Waals surface area contributed by atoms with Crippen molar-refractivity contribution >= 4 is 7.60 Å². The summed E-state index contributed by atoms with van der Waals surface area (Å²) in [6.45, 7) is 3.61. The van der Waals surface area contributed by atoms with Gasteiger partial charge in [-0.25, -0.2) is 0 Å². The van der Waals surface area contributed by atoms with Crippen LogP contribution < -0.4 is 0 Å². The van der Waals surface area contributed by atoms with Crippen LogP contribution in [0.15, 0.2) is 54.9 Å². The summed E-state index contributed by atoms with van der Waals surface area (Å²) in [6, 6.07) is 12.2. The molecule has 0 aliphatic rings. The van der Waals surface area contributed by atoms with Crippen LogP contribution in [0.2, 0.25) is 0 Å². The summed E-state index contributed by atoms with van der Waals surface area (Å²) in [5.74, 6) is 0. The minimum absolute atomic E-state index is 0.382. The van der Waals surface area contributed by atoms with Gasteiger partial charge in [-0.3, -0.25) is 9.55 Å². The molecule has 2 aromatic rings. The van der Waals surface area contributed by atoms with E-state index in [-0.39, 0.29) is 6.10 Å². The molecule has 0 radical (unpaired) electrons. The van der Waals surface area contributed by atoms with Crippen LogP contribution in [0.25, 0.3) is 0 Å². The van der Waals surface area contributed by atoms with E-state index in [2.05, 4.69) is 4.98 Å². The van der Waals surface area contributed by atoms with Crippen LogP contribution in [0.4, 0.5) is 0 Å². The van der Waals surface area contributed by atoms with Gasteiger partial charge in [-0.1, -0.05) is 43.3 Å². The molecule has 1 aromatic heterocycles. The number of aromatic nitrogens is 1. The Hall–Kier alpha value is -1.52. The van der Waals surface area contributed by atoms with E-state index < -0.39 is 19.4 Å². The maximum absolute atomic E-state index is 12.8. The van der Waals surface area contributed by atoms with Crippen LogP contribution in [-0.2, 0) is 9.09 Å². The Kier molecular flexibility index (Phi) is 6.08. The zero-order chi connectivity index (χ0) is 16.9. The van der Waals surface area contributed by atoms with Crippen molar-refractivity contribution in [3.05, 3.63) is 66.0 Å². The second-order valence-electron chi connectivity index (χ2n) is 5.48. The standard InChI is InChI=1S/C17H22NO4P/c1-3-13(2)22-23(20,21)17(15-10-7-11-18-12-15)16(19)14-8-5-4-6-9-14/h4-13,16-17,19H,3H2,1-2H3,(H,20,21). The van der Waals surface area contributed by atoms with Gasteiger partial charge in [0.1, 0.15) is 5.66 Å². The molecule has 1 heterocycles. The van der Waals surface area contributed by atoms with E-state index in [0.717, 1.165) is 0 Å². The minimum Gasteiger partial charge on any atom is -0.387 e. The highest BCUT2D eigenvalue weighted by atomic mass is 31.2. The van der Waals surface area contributed by atoms with Crippen molar-refractivity contribution in [3.63, 3.8) is 0 Å². The Morgan fingerprint density at radius 3 is 2.39 bits per heavy atom. The lowest BCUT2D eigenvalue weighted by Crippen LogP contribution is -2.16.